The van der Waals surface area contributed by atoms with Crippen molar-refractivity contribution in [2.45, 2.75) is 18.5 Å². The maximum Gasteiger partial charge on any atom is 0.251 e. The number of aromatic nitrogens is 2. The molecule has 0 radical (unpaired) electrons. The van der Waals surface area contributed by atoms with Crippen LogP contribution in [-0.2, 0) is 17.9 Å². The predicted octanol–water partition coefficient (Wildman–Crippen LogP) is 5.23. The number of nitrogens with one attached hydrogen (secondary N) is 1. The third-order valence-corrected chi connectivity index (χ3v) is 7.39. The highest BCUT2D eigenvalue weighted by atomic mass is 35.5. The fraction of sp³-hybridized carbons (Fsp3) is 0.148. The zero-order valence-electron chi connectivity index (χ0n) is 18.8. The first-order valence-corrected chi connectivity index (χ1v) is 12.6. The molecule has 3 aromatic carbocycles. The number of amides is 2. The Hall–Kier alpha value is -3.55. The van der Waals surface area contributed by atoms with Gasteiger partial charge in [0.1, 0.15) is 5.37 Å². The van der Waals surface area contributed by atoms with Crippen LogP contribution in [0.1, 0.15) is 32.4 Å². The zero-order valence-corrected chi connectivity index (χ0v) is 20.4. The van der Waals surface area contributed by atoms with Gasteiger partial charge in [0.25, 0.3) is 5.91 Å². The number of benzene rings is 3. The minimum atomic E-state index is -0.136. The highest BCUT2D eigenvalue weighted by molar-refractivity contribution is 8.00. The van der Waals surface area contributed by atoms with Crippen molar-refractivity contribution >= 4 is 35.2 Å². The molecule has 6 nitrogen and oxygen atoms in total. The second-order valence-corrected chi connectivity index (χ2v) is 9.76. The summed E-state index contributed by atoms with van der Waals surface area (Å²) >= 11 is 7.58. The Balaban J connectivity index is 1.20. The maximum atomic E-state index is 12.7. The van der Waals surface area contributed by atoms with Gasteiger partial charge in [-0.25, -0.2) is 4.98 Å². The van der Waals surface area contributed by atoms with Crippen molar-refractivity contribution in [3.05, 3.63) is 119 Å². The fourth-order valence-electron chi connectivity index (χ4n) is 3.97. The first kappa shape index (κ1) is 23.2. The molecule has 2 amide bonds. The Morgan fingerprint density at radius 1 is 1.00 bits per heavy atom. The van der Waals surface area contributed by atoms with Crippen LogP contribution in [0, 0.1) is 0 Å². The minimum Gasteiger partial charge on any atom is -0.348 e. The number of thioether (sulfide) groups is 1. The lowest BCUT2D eigenvalue weighted by molar-refractivity contribution is -0.128. The number of carbonyl (C=O) groups excluding carboxylic acids is 2. The van der Waals surface area contributed by atoms with Gasteiger partial charge in [-0.2, -0.15) is 0 Å². The third kappa shape index (κ3) is 5.42. The van der Waals surface area contributed by atoms with Crippen LogP contribution in [0.5, 0.6) is 0 Å². The van der Waals surface area contributed by atoms with E-state index in [-0.39, 0.29) is 17.2 Å². The number of hydrogen-bond acceptors (Lipinski definition) is 4. The van der Waals surface area contributed by atoms with Gasteiger partial charge >= 0.3 is 0 Å². The summed E-state index contributed by atoms with van der Waals surface area (Å²) in [6, 6.07) is 23.0. The standard InChI is InChI=1S/C27H23ClN4O2S/c28-23-9-1-20(2-10-23)16-32-25(33)17-35-27(32)22-7-5-21(6-8-22)26(34)30-15-19-3-11-24(12-4-19)31-14-13-29-18-31/h1-14,18,27H,15-17H2,(H,30,34)/t27-/m0/s1. The molecule has 1 fully saturated rings. The molecule has 176 valence electrons. The Kier molecular flexibility index (Phi) is 6.88. The Morgan fingerprint density at radius 3 is 2.40 bits per heavy atom. The summed E-state index contributed by atoms with van der Waals surface area (Å²) in [5, 5.41) is 3.57. The van der Waals surface area contributed by atoms with Crippen LogP contribution < -0.4 is 5.32 Å². The van der Waals surface area contributed by atoms with Gasteiger partial charge in [0.2, 0.25) is 5.91 Å². The summed E-state index contributed by atoms with van der Waals surface area (Å²) in [5.41, 5.74) is 4.65. The van der Waals surface area contributed by atoms with Gasteiger partial charge in [-0.05, 0) is 53.1 Å². The molecule has 1 aromatic heterocycles. The van der Waals surface area contributed by atoms with E-state index < -0.39 is 0 Å². The molecule has 1 aliphatic heterocycles. The molecule has 8 heteroatoms. The number of rotatable bonds is 7. The second kappa shape index (κ2) is 10.4. The Morgan fingerprint density at radius 2 is 1.71 bits per heavy atom. The quantitative estimate of drug-likeness (QED) is 0.376. The smallest absolute Gasteiger partial charge is 0.251 e. The molecule has 0 spiro atoms. The highest BCUT2D eigenvalue weighted by Gasteiger charge is 2.32. The zero-order chi connectivity index (χ0) is 24.2. The molecule has 0 unspecified atom stereocenters. The van der Waals surface area contributed by atoms with E-state index in [0.717, 1.165) is 22.4 Å². The molecular formula is C27H23ClN4O2S. The van der Waals surface area contributed by atoms with Crippen LogP contribution in [0.15, 0.2) is 91.5 Å². The van der Waals surface area contributed by atoms with Crippen molar-refractivity contribution in [3.63, 3.8) is 0 Å². The molecule has 0 aliphatic carbocycles. The summed E-state index contributed by atoms with van der Waals surface area (Å²) in [6.07, 6.45) is 5.37. The largest absolute Gasteiger partial charge is 0.348 e. The summed E-state index contributed by atoms with van der Waals surface area (Å²) in [7, 11) is 0. The van der Waals surface area contributed by atoms with Crippen LogP contribution in [0.4, 0.5) is 0 Å². The van der Waals surface area contributed by atoms with E-state index in [4.69, 9.17) is 11.6 Å². The second-order valence-electron chi connectivity index (χ2n) is 8.25. The van der Waals surface area contributed by atoms with Crippen LogP contribution in [0.2, 0.25) is 5.02 Å². The summed E-state index contributed by atoms with van der Waals surface area (Å²) < 4.78 is 1.93. The monoisotopic (exact) mass is 502 g/mol. The molecule has 35 heavy (non-hydrogen) atoms. The SMILES string of the molecule is O=C(NCc1ccc(-n2ccnc2)cc1)c1ccc([C@@H]2SCC(=O)N2Cc2ccc(Cl)cc2)cc1. The molecule has 0 bridgehead atoms. The molecular weight excluding hydrogens is 480 g/mol. The number of nitrogens with zero attached hydrogens (tertiary/aromatic N) is 3. The van der Waals surface area contributed by atoms with Gasteiger partial charge in [-0.3, -0.25) is 9.59 Å². The van der Waals surface area contributed by atoms with Crippen LogP contribution >= 0.6 is 23.4 Å². The van der Waals surface area contributed by atoms with Gasteiger partial charge in [0.05, 0.1) is 12.1 Å². The summed E-state index contributed by atoms with van der Waals surface area (Å²) in [5.74, 6) is 0.416. The molecule has 2 heterocycles. The normalized spacial score (nSPS) is 15.4. The van der Waals surface area contributed by atoms with Crippen molar-refractivity contribution in [2.24, 2.45) is 0 Å². The molecule has 0 saturated carbocycles. The van der Waals surface area contributed by atoms with Gasteiger partial charge in [-0.15, -0.1) is 11.8 Å². The van der Waals surface area contributed by atoms with E-state index in [9.17, 15) is 9.59 Å². The first-order valence-electron chi connectivity index (χ1n) is 11.2. The van der Waals surface area contributed by atoms with Crippen molar-refractivity contribution < 1.29 is 9.59 Å². The lowest BCUT2D eigenvalue weighted by Crippen LogP contribution is -2.27. The number of halogens is 1. The van der Waals surface area contributed by atoms with E-state index in [1.54, 1.807) is 24.3 Å². The Labute approximate surface area is 212 Å². The van der Waals surface area contributed by atoms with E-state index in [1.165, 1.54) is 0 Å². The van der Waals surface area contributed by atoms with Crippen LogP contribution in [0.3, 0.4) is 0 Å². The molecule has 5 rings (SSSR count). The average molecular weight is 503 g/mol. The van der Waals surface area contributed by atoms with Crippen molar-refractivity contribution in [2.75, 3.05) is 5.75 Å². The van der Waals surface area contributed by atoms with Gasteiger partial charge in [0, 0.05) is 41.8 Å². The lowest BCUT2D eigenvalue weighted by Gasteiger charge is -2.24. The Bertz CT molecular complexity index is 1310. The summed E-state index contributed by atoms with van der Waals surface area (Å²) in [6.45, 7) is 0.961. The lowest BCUT2D eigenvalue weighted by atomic mass is 10.1. The van der Waals surface area contributed by atoms with E-state index in [0.29, 0.717) is 29.4 Å². The molecule has 1 atom stereocenters. The third-order valence-electron chi connectivity index (χ3n) is 5.88. The van der Waals surface area contributed by atoms with Gasteiger partial charge in [-0.1, -0.05) is 48.0 Å². The topological polar surface area (TPSA) is 67.2 Å². The molecule has 1 aliphatic rings. The van der Waals surface area contributed by atoms with Crippen molar-refractivity contribution in [1.29, 1.82) is 0 Å². The minimum absolute atomic E-state index is 0.0794. The first-order chi connectivity index (χ1) is 17.1. The van der Waals surface area contributed by atoms with Crippen molar-refractivity contribution in [3.8, 4) is 5.69 Å². The molecule has 1 N–H and O–H groups in total. The molecule has 4 aromatic rings. The number of imidazole rings is 1. The predicted molar refractivity (Wildman–Crippen MR) is 138 cm³/mol. The average Bonchev–Trinajstić information content (AvgIpc) is 3.55. The number of hydrogen-bond donors (Lipinski definition) is 1. The highest BCUT2D eigenvalue weighted by Crippen LogP contribution is 2.39. The summed E-state index contributed by atoms with van der Waals surface area (Å²) in [4.78, 5) is 31.1. The fourth-order valence-corrected chi connectivity index (χ4v) is 5.28. The number of carbonyl (C=O) groups is 2. The van der Waals surface area contributed by atoms with Crippen LogP contribution in [0.25, 0.3) is 5.69 Å². The van der Waals surface area contributed by atoms with Gasteiger partial charge in [0.15, 0.2) is 0 Å². The van der Waals surface area contributed by atoms with Gasteiger partial charge < -0.3 is 14.8 Å². The van der Waals surface area contributed by atoms with Crippen molar-refractivity contribution in [1.82, 2.24) is 19.8 Å². The molecule has 1 saturated heterocycles. The van der Waals surface area contributed by atoms with Crippen LogP contribution in [-0.4, -0.2) is 32.0 Å². The van der Waals surface area contributed by atoms with E-state index >= 15 is 0 Å². The van der Waals surface area contributed by atoms with E-state index in [1.807, 2.05) is 88.5 Å². The maximum absolute atomic E-state index is 12.7. The van der Waals surface area contributed by atoms with E-state index in [2.05, 4.69) is 10.3 Å².